The lowest BCUT2D eigenvalue weighted by atomic mass is 9.95. The molecule has 0 amide bonds. The standard InChI is InChI=1S/C19H15Cl2N3O2/c1-10-15(18(25)26-2)17(11-6-5-7-12(20)16(11)21)24-14-9-4-3-8-13(14)23-19(24)22-10/h3-9,17H,1-2H3,(H,22,23)/t17-/m1/s1. The molecule has 1 N–H and O–H groups in total. The van der Waals surface area contributed by atoms with Crippen LogP contribution in [0.1, 0.15) is 18.5 Å². The van der Waals surface area contributed by atoms with Crippen molar-refractivity contribution in [2.75, 3.05) is 12.4 Å². The number of esters is 1. The molecule has 0 fully saturated rings. The van der Waals surface area contributed by atoms with Crippen molar-refractivity contribution in [1.82, 2.24) is 9.55 Å². The van der Waals surface area contributed by atoms with E-state index in [1.165, 1.54) is 7.11 Å². The maximum Gasteiger partial charge on any atom is 0.337 e. The second-order valence-corrected chi connectivity index (χ2v) is 6.78. The van der Waals surface area contributed by atoms with Crippen molar-refractivity contribution in [3.63, 3.8) is 0 Å². The lowest BCUT2D eigenvalue weighted by Crippen LogP contribution is -2.28. The summed E-state index contributed by atoms with van der Waals surface area (Å²) >= 11 is 12.8. The van der Waals surface area contributed by atoms with E-state index in [0.717, 1.165) is 11.0 Å². The minimum atomic E-state index is -0.503. The number of imidazole rings is 1. The average molecular weight is 388 g/mol. The molecular weight excluding hydrogens is 373 g/mol. The molecule has 0 spiro atoms. The van der Waals surface area contributed by atoms with E-state index < -0.39 is 12.0 Å². The number of aromatic nitrogens is 2. The highest BCUT2D eigenvalue weighted by Gasteiger charge is 2.35. The first-order valence-corrected chi connectivity index (χ1v) is 8.75. The number of hydrogen-bond donors (Lipinski definition) is 1. The molecule has 7 heteroatoms. The maximum atomic E-state index is 12.6. The molecule has 26 heavy (non-hydrogen) atoms. The lowest BCUT2D eigenvalue weighted by molar-refractivity contribution is -0.136. The van der Waals surface area contributed by atoms with E-state index in [0.29, 0.717) is 32.8 Å². The number of rotatable bonds is 2. The first kappa shape index (κ1) is 16.9. The maximum absolute atomic E-state index is 12.6. The number of allylic oxidation sites excluding steroid dienone is 1. The van der Waals surface area contributed by atoms with Crippen LogP contribution in [0.5, 0.6) is 0 Å². The fourth-order valence-corrected chi connectivity index (χ4v) is 3.78. The van der Waals surface area contributed by atoms with E-state index in [2.05, 4.69) is 10.3 Å². The smallest absolute Gasteiger partial charge is 0.337 e. The van der Waals surface area contributed by atoms with Gasteiger partial charge >= 0.3 is 5.97 Å². The van der Waals surface area contributed by atoms with Crippen LogP contribution in [0.3, 0.4) is 0 Å². The van der Waals surface area contributed by atoms with Crippen molar-refractivity contribution in [3.8, 4) is 0 Å². The molecule has 1 aliphatic rings. The Kier molecular flexibility index (Phi) is 4.13. The zero-order chi connectivity index (χ0) is 18.4. The second-order valence-electron chi connectivity index (χ2n) is 5.99. The number of hydrogen-bond acceptors (Lipinski definition) is 4. The lowest BCUT2D eigenvalue weighted by Gasteiger charge is -2.30. The van der Waals surface area contributed by atoms with E-state index in [1.807, 2.05) is 47.9 Å². The predicted octanol–water partition coefficient (Wildman–Crippen LogP) is 4.81. The molecule has 5 nitrogen and oxygen atoms in total. The number of para-hydroxylation sites is 2. The normalized spacial score (nSPS) is 16.4. The molecule has 0 radical (unpaired) electrons. The second kappa shape index (κ2) is 6.34. The van der Waals surface area contributed by atoms with Gasteiger partial charge in [-0.15, -0.1) is 0 Å². The molecule has 2 heterocycles. The van der Waals surface area contributed by atoms with Crippen LogP contribution in [0.15, 0.2) is 53.7 Å². The molecule has 3 aromatic rings. The monoisotopic (exact) mass is 387 g/mol. The third-order valence-electron chi connectivity index (χ3n) is 4.51. The van der Waals surface area contributed by atoms with Crippen molar-refractivity contribution in [1.29, 1.82) is 0 Å². The minimum Gasteiger partial charge on any atom is -0.466 e. The van der Waals surface area contributed by atoms with E-state index in [1.54, 1.807) is 6.07 Å². The van der Waals surface area contributed by atoms with Gasteiger partial charge in [0.05, 0.1) is 39.8 Å². The van der Waals surface area contributed by atoms with Gasteiger partial charge < -0.3 is 10.1 Å². The molecule has 1 aromatic heterocycles. The highest BCUT2D eigenvalue weighted by atomic mass is 35.5. The fourth-order valence-electron chi connectivity index (χ4n) is 3.36. The molecule has 2 aromatic carbocycles. The summed E-state index contributed by atoms with van der Waals surface area (Å²) in [7, 11) is 1.36. The van der Waals surface area contributed by atoms with E-state index in [9.17, 15) is 4.79 Å². The van der Waals surface area contributed by atoms with Gasteiger partial charge in [-0.3, -0.25) is 4.57 Å². The summed E-state index contributed by atoms with van der Waals surface area (Å²) in [4.78, 5) is 17.2. The van der Waals surface area contributed by atoms with Gasteiger partial charge in [-0.25, -0.2) is 9.78 Å². The van der Waals surface area contributed by atoms with Gasteiger partial charge in [-0.05, 0) is 30.7 Å². The highest BCUT2D eigenvalue weighted by Crippen LogP contribution is 2.43. The summed E-state index contributed by atoms with van der Waals surface area (Å²) < 4.78 is 6.99. The number of benzene rings is 2. The Balaban J connectivity index is 2.07. The van der Waals surface area contributed by atoms with Crippen molar-refractivity contribution in [2.45, 2.75) is 13.0 Å². The van der Waals surface area contributed by atoms with Crippen LogP contribution in [0.2, 0.25) is 10.0 Å². The average Bonchev–Trinajstić information content (AvgIpc) is 3.00. The number of halogens is 2. The number of carbonyl (C=O) groups is 1. The molecule has 132 valence electrons. The number of carbonyl (C=O) groups excluding carboxylic acids is 1. The minimum absolute atomic E-state index is 0.402. The van der Waals surface area contributed by atoms with Crippen molar-refractivity contribution >= 4 is 46.2 Å². The Morgan fingerprint density at radius 1 is 1.19 bits per heavy atom. The molecule has 0 bridgehead atoms. The number of fused-ring (bicyclic) bond motifs is 3. The number of nitrogens with one attached hydrogen (secondary N) is 1. The van der Waals surface area contributed by atoms with Crippen LogP contribution in [0.4, 0.5) is 5.95 Å². The topological polar surface area (TPSA) is 56.1 Å². The first-order valence-electron chi connectivity index (χ1n) is 8.00. The molecule has 1 atom stereocenters. The Morgan fingerprint density at radius 3 is 2.73 bits per heavy atom. The van der Waals surface area contributed by atoms with E-state index in [4.69, 9.17) is 27.9 Å². The third kappa shape index (κ3) is 2.47. The molecule has 1 aliphatic heterocycles. The van der Waals surface area contributed by atoms with Crippen LogP contribution in [-0.2, 0) is 9.53 Å². The van der Waals surface area contributed by atoms with Crippen LogP contribution in [0.25, 0.3) is 11.0 Å². The number of methoxy groups -OCH3 is 1. The number of anilines is 1. The predicted molar refractivity (Wildman–Crippen MR) is 103 cm³/mol. The zero-order valence-electron chi connectivity index (χ0n) is 14.1. The van der Waals surface area contributed by atoms with Gasteiger partial charge in [-0.1, -0.05) is 47.5 Å². The fraction of sp³-hybridized carbons (Fsp3) is 0.158. The van der Waals surface area contributed by atoms with Gasteiger partial charge in [-0.2, -0.15) is 0 Å². The molecule has 0 unspecified atom stereocenters. The quantitative estimate of drug-likeness (QED) is 0.641. The summed E-state index contributed by atoms with van der Waals surface area (Å²) in [5.41, 5.74) is 3.54. The Morgan fingerprint density at radius 2 is 1.96 bits per heavy atom. The van der Waals surface area contributed by atoms with Gasteiger partial charge in [0.2, 0.25) is 5.95 Å². The number of nitrogens with zero attached hydrogens (tertiary/aromatic N) is 2. The van der Waals surface area contributed by atoms with Crippen molar-refractivity contribution in [2.24, 2.45) is 0 Å². The molecule has 0 saturated carbocycles. The Hall–Kier alpha value is -2.50. The van der Waals surface area contributed by atoms with Crippen molar-refractivity contribution < 1.29 is 9.53 Å². The SMILES string of the molecule is COC(=O)C1=C(C)Nc2nc3ccccc3n2[C@@H]1c1cccc(Cl)c1Cl. The summed E-state index contributed by atoms with van der Waals surface area (Å²) in [5.74, 6) is 0.205. The Labute approximate surface area is 160 Å². The molecule has 0 aliphatic carbocycles. The molecule has 4 rings (SSSR count). The van der Waals surface area contributed by atoms with Gasteiger partial charge in [0.1, 0.15) is 0 Å². The Bertz CT molecular complexity index is 1070. The third-order valence-corrected chi connectivity index (χ3v) is 5.35. The summed E-state index contributed by atoms with van der Waals surface area (Å²) in [6.07, 6.45) is 0. The highest BCUT2D eigenvalue weighted by molar-refractivity contribution is 6.42. The zero-order valence-corrected chi connectivity index (χ0v) is 15.6. The molecular formula is C19H15Cl2N3O2. The summed E-state index contributed by atoms with van der Waals surface area (Å²) in [6.45, 7) is 1.82. The van der Waals surface area contributed by atoms with Crippen LogP contribution < -0.4 is 5.32 Å². The van der Waals surface area contributed by atoms with Crippen LogP contribution >= 0.6 is 23.2 Å². The van der Waals surface area contributed by atoms with Crippen molar-refractivity contribution in [3.05, 3.63) is 69.3 Å². The largest absolute Gasteiger partial charge is 0.466 e. The van der Waals surface area contributed by atoms with Crippen LogP contribution in [0, 0.1) is 0 Å². The van der Waals surface area contributed by atoms with Gasteiger partial charge in [0.25, 0.3) is 0 Å². The van der Waals surface area contributed by atoms with E-state index >= 15 is 0 Å². The van der Waals surface area contributed by atoms with Gasteiger partial charge in [0.15, 0.2) is 0 Å². The summed E-state index contributed by atoms with van der Waals surface area (Å²) in [6, 6.07) is 12.6. The number of ether oxygens (including phenoxy) is 1. The van der Waals surface area contributed by atoms with E-state index in [-0.39, 0.29) is 0 Å². The van der Waals surface area contributed by atoms with Crippen LogP contribution in [-0.4, -0.2) is 22.6 Å². The molecule has 0 saturated heterocycles. The van der Waals surface area contributed by atoms with Gasteiger partial charge in [0, 0.05) is 5.70 Å². The first-order chi connectivity index (χ1) is 12.5. The summed E-state index contributed by atoms with van der Waals surface area (Å²) in [5, 5.41) is 4.03.